The lowest BCUT2D eigenvalue weighted by atomic mass is 10.0. The van der Waals surface area contributed by atoms with Gasteiger partial charge in [-0.2, -0.15) is 0 Å². The summed E-state index contributed by atoms with van der Waals surface area (Å²) in [5.41, 5.74) is 4.14. The Morgan fingerprint density at radius 1 is 1.17 bits per heavy atom. The molecule has 0 spiro atoms. The van der Waals surface area contributed by atoms with E-state index in [-0.39, 0.29) is 0 Å². The first kappa shape index (κ1) is 12.2. The number of aryl methyl sites for hydroxylation is 2. The third-order valence-electron chi connectivity index (χ3n) is 2.73. The van der Waals surface area contributed by atoms with E-state index in [0.29, 0.717) is 17.7 Å². The zero-order valence-corrected chi connectivity index (χ0v) is 10.6. The van der Waals surface area contributed by atoms with Gasteiger partial charge in [0.1, 0.15) is 17.8 Å². The van der Waals surface area contributed by atoms with Crippen LogP contribution in [-0.2, 0) is 0 Å². The van der Waals surface area contributed by atoms with Crippen molar-refractivity contribution in [2.24, 2.45) is 0 Å². The molecule has 1 aromatic heterocycles. The number of benzene rings is 1. The zero-order valence-electron chi connectivity index (χ0n) is 10.6. The van der Waals surface area contributed by atoms with Gasteiger partial charge < -0.3 is 4.74 Å². The maximum absolute atomic E-state index is 10.8. The number of hydrogen-bond acceptors (Lipinski definition) is 4. The molecule has 4 heteroatoms. The highest BCUT2D eigenvalue weighted by atomic mass is 16.5. The molecule has 0 atom stereocenters. The summed E-state index contributed by atoms with van der Waals surface area (Å²) in [6.07, 6.45) is 2.10. The summed E-state index contributed by atoms with van der Waals surface area (Å²) in [5, 5.41) is 0. The van der Waals surface area contributed by atoms with Crippen LogP contribution in [0, 0.1) is 13.8 Å². The van der Waals surface area contributed by atoms with Gasteiger partial charge in [-0.25, -0.2) is 9.97 Å². The molecule has 92 valence electrons. The van der Waals surface area contributed by atoms with E-state index in [1.807, 2.05) is 19.9 Å². The largest absolute Gasteiger partial charge is 0.496 e. The second-order valence-electron chi connectivity index (χ2n) is 4.11. The van der Waals surface area contributed by atoms with Gasteiger partial charge in [-0.15, -0.1) is 0 Å². The van der Waals surface area contributed by atoms with Crippen LogP contribution in [0.4, 0.5) is 0 Å². The highest BCUT2D eigenvalue weighted by molar-refractivity contribution is 5.77. The molecule has 0 fully saturated rings. The molecule has 0 aliphatic rings. The average Bonchev–Trinajstić information content (AvgIpc) is 2.37. The molecule has 2 aromatic rings. The zero-order chi connectivity index (χ0) is 13.1. The molecule has 0 unspecified atom stereocenters. The number of carbonyl (C=O) groups excluding carboxylic acids is 1. The second kappa shape index (κ2) is 4.96. The maximum Gasteiger partial charge on any atom is 0.168 e. The fourth-order valence-electron chi connectivity index (χ4n) is 1.99. The predicted octanol–water partition coefficient (Wildman–Crippen LogP) is 2.58. The number of aromatic nitrogens is 2. The number of carbonyl (C=O) groups is 1. The van der Waals surface area contributed by atoms with Crippen molar-refractivity contribution < 1.29 is 9.53 Å². The Bertz CT molecular complexity index is 594. The summed E-state index contributed by atoms with van der Waals surface area (Å²) >= 11 is 0. The molecule has 0 aliphatic heterocycles. The van der Waals surface area contributed by atoms with Crippen LogP contribution in [0.25, 0.3) is 11.3 Å². The molecule has 0 aliphatic carbocycles. The summed E-state index contributed by atoms with van der Waals surface area (Å²) in [6, 6.07) is 5.67. The Morgan fingerprint density at radius 2 is 1.94 bits per heavy atom. The molecule has 0 amide bonds. The van der Waals surface area contributed by atoms with Gasteiger partial charge in [0.05, 0.1) is 12.8 Å². The van der Waals surface area contributed by atoms with Crippen LogP contribution in [0.1, 0.15) is 21.6 Å². The van der Waals surface area contributed by atoms with Crippen molar-refractivity contribution in [3.05, 3.63) is 41.3 Å². The van der Waals surface area contributed by atoms with Crippen LogP contribution in [0.3, 0.4) is 0 Å². The quantitative estimate of drug-likeness (QED) is 0.776. The third-order valence-corrected chi connectivity index (χ3v) is 2.73. The van der Waals surface area contributed by atoms with E-state index in [4.69, 9.17) is 4.74 Å². The molecule has 4 nitrogen and oxygen atoms in total. The standard InChI is InChI=1S/C14H14N2O2/c1-9-4-10(2)14(13(5-9)18-3)12-6-11(7-17)15-8-16-12/h4-8H,1-3H3. The minimum absolute atomic E-state index is 0.363. The van der Waals surface area contributed by atoms with Crippen LogP contribution in [-0.4, -0.2) is 23.4 Å². The van der Waals surface area contributed by atoms with Gasteiger partial charge in [0, 0.05) is 5.56 Å². The fraction of sp³-hybridized carbons (Fsp3) is 0.214. The first-order valence-electron chi connectivity index (χ1n) is 5.58. The predicted molar refractivity (Wildman–Crippen MR) is 68.9 cm³/mol. The van der Waals surface area contributed by atoms with Gasteiger partial charge in [0.15, 0.2) is 6.29 Å². The van der Waals surface area contributed by atoms with Crippen molar-refractivity contribution in [1.29, 1.82) is 0 Å². The summed E-state index contributed by atoms with van der Waals surface area (Å²) in [5.74, 6) is 0.753. The fourth-order valence-corrected chi connectivity index (χ4v) is 1.99. The lowest BCUT2D eigenvalue weighted by Gasteiger charge is -2.12. The van der Waals surface area contributed by atoms with Crippen LogP contribution in [0.2, 0.25) is 0 Å². The van der Waals surface area contributed by atoms with Gasteiger partial charge in [-0.3, -0.25) is 4.79 Å². The van der Waals surface area contributed by atoms with Crippen molar-refractivity contribution in [2.45, 2.75) is 13.8 Å². The summed E-state index contributed by atoms with van der Waals surface area (Å²) in [7, 11) is 1.62. The third kappa shape index (κ3) is 2.22. The lowest BCUT2D eigenvalue weighted by Crippen LogP contribution is -1.96. The molecule has 0 saturated carbocycles. The Balaban J connectivity index is 2.65. The molecule has 18 heavy (non-hydrogen) atoms. The molecule has 2 rings (SSSR count). The molecular formula is C14H14N2O2. The van der Waals surface area contributed by atoms with Crippen LogP contribution >= 0.6 is 0 Å². The number of ether oxygens (including phenoxy) is 1. The SMILES string of the molecule is COc1cc(C)cc(C)c1-c1cc(C=O)ncn1. The summed E-state index contributed by atoms with van der Waals surface area (Å²) < 4.78 is 5.39. The topological polar surface area (TPSA) is 52.1 Å². The Labute approximate surface area is 106 Å². The van der Waals surface area contributed by atoms with Gasteiger partial charge in [0.25, 0.3) is 0 Å². The van der Waals surface area contributed by atoms with Crippen molar-refractivity contribution in [3.8, 4) is 17.0 Å². The first-order valence-corrected chi connectivity index (χ1v) is 5.58. The summed E-state index contributed by atoms with van der Waals surface area (Å²) in [4.78, 5) is 18.8. The Hall–Kier alpha value is -2.23. The van der Waals surface area contributed by atoms with Crippen molar-refractivity contribution in [1.82, 2.24) is 9.97 Å². The van der Waals surface area contributed by atoms with E-state index in [1.54, 1.807) is 13.2 Å². The number of rotatable bonds is 3. The lowest BCUT2D eigenvalue weighted by molar-refractivity contribution is 0.111. The van der Waals surface area contributed by atoms with E-state index >= 15 is 0 Å². The molecular weight excluding hydrogens is 228 g/mol. The van der Waals surface area contributed by atoms with Crippen LogP contribution < -0.4 is 4.74 Å². The van der Waals surface area contributed by atoms with Gasteiger partial charge in [-0.1, -0.05) is 6.07 Å². The normalized spacial score (nSPS) is 10.2. The van der Waals surface area contributed by atoms with Crippen molar-refractivity contribution >= 4 is 6.29 Å². The van der Waals surface area contributed by atoms with Crippen molar-refractivity contribution in [3.63, 3.8) is 0 Å². The minimum atomic E-state index is 0.363. The molecule has 0 N–H and O–H groups in total. The summed E-state index contributed by atoms with van der Waals surface area (Å²) in [6.45, 7) is 4.00. The molecule has 0 saturated heterocycles. The smallest absolute Gasteiger partial charge is 0.168 e. The molecule has 0 bridgehead atoms. The Morgan fingerprint density at radius 3 is 2.61 bits per heavy atom. The molecule has 1 aromatic carbocycles. The number of aldehydes is 1. The molecule has 1 heterocycles. The number of methoxy groups -OCH3 is 1. The first-order chi connectivity index (χ1) is 8.65. The van der Waals surface area contributed by atoms with E-state index in [0.717, 1.165) is 22.4 Å². The molecule has 0 radical (unpaired) electrons. The van der Waals surface area contributed by atoms with Crippen LogP contribution in [0.15, 0.2) is 24.5 Å². The highest BCUT2D eigenvalue weighted by Gasteiger charge is 2.12. The highest BCUT2D eigenvalue weighted by Crippen LogP contribution is 2.32. The van der Waals surface area contributed by atoms with E-state index < -0.39 is 0 Å². The average molecular weight is 242 g/mol. The monoisotopic (exact) mass is 242 g/mol. The van der Waals surface area contributed by atoms with E-state index in [1.165, 1.54) is 6.33 Å². The van der Waals surface area contributed by atoms with E-state index in [2.05, 4.69) is 16.0 Å². The van der Waals surface area contributed by atoms with E-state index in [9.17, 15) is 4.79 Å². The second-order valence-corrected chi connectivity index (χ2v) is 4.11. The Kier molecular flexibility index (Phi) is 3.37. The maximum atomic E-state index is 10.8. The van der Waals surface area contributed by atoms with Gasteiger partial charge >= 0.3 is 0 Å². The van der Waals surface area contributed by atoms with Crippen molar-refractivity contribution in [2.75, 3.05) is 7.11 Å². The van der Waals surface area contributed by atoms with Gasteiger partial charge in [0.2, 0.25) is 0 Å². The number of hydrogen-bond donors (Lipinski definition) is 0. The minimum Gasteiger partial charge on any atom is -0.496 e. The van der Waals surface area contributed by atoms with Gasteiger partial charge in [-0.05, 0) is 37.1 Å². The number of nitrogens with zero attached hydrogens (tertiary/aromatic N) is 2. The van der Waals surface area contributed by atoms with Crippen LogP contribution in [0.5, 0.6) is 5.75 Å².